The maximum Gasteiger partial charge on any atom is 0.408 e. The Morgan fingerprint density at radius 2 is 1.72 bits per heavy atom. The first-order chi connectivity index (χ1) is 15.1. The van der Waals surface area contributed by atoms with Gasteiger partial charge in [0.1, 0.15) is 17.7 Å². The number of carbonyl (C=O) groups excluding carboxylic acids is 3. The number of hydrogen-bond donors (Lipinski definition) is 3. The van der Waals surface area contributed by atoms with Crippen LogP contribution >= 0.6 is 12.6 Å². The molecule has 2 atom stereocenters. The molecule has 0 heterocycles. The summed E-state index contributed by atoms with van der Waals surface area (Å²) in [6, 6.07) is 5.97. The molecule has 0 aliphatic heterocycles. The molecule has 0 spiro atoms. The summed E-state index contributed by atoms with van der Waals surface area (Å²) in [5.74, 6) is -0.551. The van der Waals surface area contributed by atoms with Crippen LogP contribution in [0.25, 0.3) is 0 Å². The van der Waals surface area contributed by atoms with E-state index >= 15 is 0 Å². The van der Waals surface area contributed by atoms with Crippen molar-refractivity contribution in [3.05, 3.63) is 35.4 Å². The first-order valence-electron chi connectivity index (χ1n) is 11.3. The summed E-state index contributed by atoms with van der Waals surface area (Å²) in [4.78, 5) is 40.3. The second-order valence-electron chi connectivity index (χ2n) is 8.65. The van der Waals surface area contributed by atoms with Gasteiger partial charge in [-0.3, -0.25) is 9.59 Å². The van der Waals surface area contributed by atoms with Gasteiger partial charge >= 0.3 is 6.09 Å². The van der Waals surface area contributed by atoms with E-state index in [-0.39, 0.29) is 17.6 Å². The summed E-state index contributed by atoms with van der Waals surface area (Å²) >= 11 is 4.26. The predicted octanol–water partition coefficient (Wildman–Crippen LogP) is 3.88. The maximum absolute atomic E-state index is 13.4. The number of ether oxygens (including phenoxy) is 1. The predicted molar refractivity (Wildman–Crippen MR) is 131 cm³/mol. The average Bonchev–Trinajstić information content (AvgIpc) is 2.74. The molecule has 0 fully saturated rings. The van der Waals surface area contributed by atoms with Crippen molar-refractivity contribution in [2.75, 3.05) is 18.8 Å². The van der Waals surface area contributed by atoms with E-state index in [4.69, 9.17) is 4.74 Å². The second-order valence-corrected chi connectivity index (χ2v) is 9.01. The zero-order valence-electron chi connectivity index (χ0n) is 20.2. The van der Waals surface area contributed by atoms with E-state index in [0.29, 0.717) is 13.1 Å². The number of thiol groups is 1. The van der Waals surface area contributed by atoms with Gasteiger partial charge in [-0.15, -0.1) is 0 Å². The van der Waals surface area contributed by atoms with Crippen LogP contribution in [-0.2, 0) is 20.7 Å². The lowest BCUT2D eigenvalue weighted by Gasteiger charge is -2.33. The number of aryl methyl sites for hydroxylation is 1. The molecule has 0 saturated carbocycles. The molecule has 0 aliphatic rings. The van der Waals surface area contributed by atoms with Gasteiger partial charge in [0.15, 0.2) is 0 Å². The largest absolute Gasteiger partial charge is 0.444 e. The van der Waals surface area contributed by atoms with Gasteiger partial charge in [0, 0.05) is 18.8 Å². The van der Waals surface area contributed by atoms with Crippen LogP contribution < -0.4 is 10.6 Å². The number of benzene rings is 1. The molecule has 8 heteroatoms. The quantitative estimate of drug-likeness (QED) is 0.342. The van der Waals surface area contributed by atoms with Gasteiger partial charge < -0.3 is 20.3 Å². The Morgan fingerprint density at radius 3 is 2.19 bits per heavy atom. The van der Waals surface area contributed by atoms with E-state index in [1.54, 1.807) is 20.8 Å². The van der Waals surface area contributed by atoms with Gasteiger partial charge in [-0.2, -0.15) is 12.6 Å². The Hall–Kier alpha value is -2.22. The van der Waals surface area contributed by atoms with E-state index in [2.05, 4.69) is 37.1 Å². The van der Waals surface area contributed by atoms with E-state index < -0.39 is 23.8 Å². The average molecular weight is 466 g/mol. The van der Waals surface area contributed by atoms with Crippen LogP contribution in [-0.4, -0.2) is 53.3 Å². The third kappa shape index (κ3) is 8.73. The van der Waals surface area contributed by atoms with Crippen LogP contribution in [0.3, 0.4) is 0 Å². The standard InChI is InChI=1S/C24H39N3O4S/c1-7-10-15-25-21(28)20(18-13-11-17(8-2)12-14-18)27(9-3)22(29)19(16-32)26-23(30)31-24(4,5)6/h11-14,19-20,32H,7-10,15-16H2,1-6H3,(H,25,28)(H,26,30). The number of carbonyl (C=O) groups is 3. The van der Waals surface area contributed by atoms with E-state index in [1.807, 2.05) is 31.2 Å². The van der Waals surface area contributed by atoms with Gasteiger partial charge in [0.2, 0.25) is 11.8 Å². The molecule has 1 aromatic rings. The maximum atomic E-state index is 13.4. The number of hydrogen-bond acceptors (Lipinski definition) is 5. The molecule has 180 valence electrons. The van der Waals surface area contributed by atoms with Crippen LogP contribution in [0.4, 0.5) is 4.79 Å². The summed E-state index contributed by atoms with van der Waals surface area (Å²) in [7, 11) is 0. The van der Waals surface area contributed by atoms with Crippen molar-refractivity contribution < 1.29 is 19.1 Å². The van der Waals surface area contributed by atoms with Gasteiger partial charge in [-0.05, 0) is 51.7 Å². The monoisotopic (exact) mass is 465 g/mol. The number of nitrogens with zero attached hydrogens (tertiary/aromatic N) is 1. The van der Waals surface area contributed by atoms with Crippen molar-refractivity contribution in [2.24, 2.45) is 0 Å². The van der Waals surface area contributed by atoms with E-state index in [9.17, 15) is 14.4 Å². The fourth-order valence-corrected chi connectivity index (χ4v) is 3.44. The van der Waals surface area contributed by atoms with Gasteiger partial charge in [-0.1, -0.05) is 44.5 Å². The Balaban J connectivity index is 3.19. The molecule has 0 bridgehead atoms. The molecule has 32 heavy (non-hydrogen) atoms. The van der Waals surface area contributed by atoms with Crippen molar-refractivity contribution in [3.8, 4) is 0 Å². The van der Waals surface area contributed by atoms with Crippen LogP contribution in [0.2, 0.25) is 0 Å². The second kappa shape index (κ2) is 13.4. The molecule has 1 rings (SSSR count). The van der Waals surface area contributed by atoms with Gasteiger partial charge in [-0.25, -0.2) is 4.79 Å². The van der Waals surface area contributed by atoms with Gasteiger partial charge in [0.05, 0.1) is 0 Å². The smallest absolute Gasteiger partial charge is 0.408 e. The SMILES string of the molecule is CCCCNC(=O)C(c1ccc(CC)cc1)N(CC)C(=O)C(CS)NC(=O)OC(C)(C)C. The number of likely N-dealkylation sites (N-methyl/N-ethyl adjacent to an activating group) is 1. The van der Waals surface area contributed by atoms with Crippen LogP contribution in [0.1, 0.15) is 71.6 Å². The molecule has 0 saturated heterocycles. The first-order valence-corrected chi connectivity index (χ1v) is 12.0. The third-order valence-corrected chi connectivity index (χ3v) is 5.25. The highest BCUT2D eigenvalue weighted by molar-refractivity contribution is 7.80. The molecule has 0 aliphatic carbocycles. The molecule has 2 unspecified atom stereocenters. The fourth-order valence-electron chi connectivity index (χ4n) is 3.19. The Kier molecular flexibility index (Phi) is 11.6. The molecule has 3 amide bonds. The number of rotatable bonds is 11. The summed E-state index contributed by atoms with van der Waals surface area (Å²) in [5.41, 5.74) is 1.18. The van der Waals surface area contributed by atoms with Crippen LogP contribution in [0, 0.1) is 0 Å². The Labute approximate surface area is 198 Å². The number of amides is 3. The Morgan fingerprint density at radius 1 is 1.09 bits per heavy atom. The third-order valence-electron chi connectivity index (χ3n) is 4.89. The van der Waals surface area contributed by atoms with Gasteiger partial charge in [0.25, 0.3) is 0 Å². The normalized spacial score (nSPS) is 13.1. The minimum atomic E-state index is -0.922. The zero-order chi connectivity index (χ0) is 24.3. The molecule has 2 N–H and O–H groups in total. The van der Waals surface area contributed by atoms with Crippen molar-refractivity contribution in [1.29, 1.82) is 0 Å². The number of alkyl carbamates (subject to hydrolysis) is 1. The highest BCUT2D eigenvalue weighted by atomic mass is 32.1. The summed E-state index contributed by atoms with van der Waals surface area (Å²) in [6.45, 7) is 12.0. The minimum absolute atomic E-state index is 0.0769. The summed E-state index contributed by atoms with van der Waals surface area (Å²) < 4.78 is 5.28. The molecule has 7 nitrogen and oxygen atoms in total. The minimum Gasteiger partial charge on any atom is -0.444 e. The highest BCUT2D eigenvalue weighted by Gasteiger charge is 2.34. The Bertz CT molecular complexity index is 747. The van der Waals surface area contributed by atoms with E-state index in [0.717, 1.165) is 30.4 Å². The van der Waals surface area contributed by atoms with Crippen LogP contribution in [0.5, 0.6) is 0 Å². The lowest BCUT2D eigenvalue weighted by atomic mass is 10.0. The molecular weight excluding hydrogens is 426 g/mol. The molecular formula is C24H39N3O4S. The van der Waals surface area contributed by atoms with Crippen molar-refractivity contribution in [3.63, 3.8) is 0 Å². The van der Waals surface area contributed by atoms with E-state index in [1.165, 1.54) is 4.90 Å². The zero-order valence-corrected chi connectivity index (χ0v) is 21.1. The lowest BCUT2D eigenvalue weighted by Crippen LogP contribution is -2.53. The summed E-state index contributed by atoms with van der Waals surface area (Å²) in [6.07, 6.45) is 1.99. The van der Waals surface area contributed by atoms with Crippen LogP contribution in [0.15, 0.2) is 24.3 Å². The lowest BCUT2D eigenvalue weighted by molar-refractivity contribution is -0.141. The first kappa shape index (κ1) is 27.8. The van der Waals surface area contributed by atoms with Crippen molar-refractivity contribution in [2.45, 2.75) is 78.5 Å². The van der Waals surface area contributed by atoms with Crippen molar-refractivity contribution >= 4 is 30.5 Å². The molecule has 1 aromatic carbocycles. The molecule has 0 radical (unpaired) electrons. The highest BCUT2D eigenvalue weighted by Crippen LogP contribution is 2.23. The number of nitrogens with one attached hydrogen (secondary N) is 2. The summed E-state index contributed by atoms with van der Waals surface area (Å²) in [5, 5.41) is 5.54. The van der Waals surface area contributed by atoms with Crippen molar-refractivity contribution in [1.82, 2.24) is 15.5 Å². The number of unbranched alkanes of at least 4 members (excludes halogenated alkanes) is 1. The fraction of sp³-hybridized carbons (Fsp3) is 0.625. The topological polar surface area (TPSA) is 87.7 Å². The molecule has 0 aromatic heterocycles.